The van der Waals surface area contributed by atoms with Crippen molar-refractivity contribution in [1.29, 1.82) is 0 Å². The minimum atomic E-state index is -0.417. The second-order valence-electron chi connectivity index (χ2n) is 4.84. The number of H-pyrrole nitrogens is 1. The van der Waals surface area contributed by atoms with Gasteiger partial charge in [0, 0.05) is 23.5 Å². The predicted octanol–water partition coefficient (Wildman–Crippen LogP) is 2.90. The van der Waals surface area contributed by atoms with Crippen LogP contribution in [0.25, 0.3) is 22.0 Å². The van der Waals surface area contributed by atoms with E-state index < -0.39 is 5.97 Å². The van der Waals surface area contributed by atoms with Gasteiger partial charge in [-0.15, -0.1) is 0 Å². The number of aromatic nitrogens is 2. The van der Waals surface area contributed by atoms with Crippen LogP contribution in [-0.2, 0) is 11.3 Å². The number of carbonyl (C=O) groups excluding carboxylic acids is 1. The number of rotatable bonds is 4. The van der Waals surface area contributed by atoms with Crippen LogP contribution in [0, 0.1) is 0 Å². The fraction of sp³-hybridized carbons (Fsp3) is 0.176. The summed E-state index contributed by atoms with van der Waals surface area (Å²) in [4.78, 5) is 19.3. The smallest absolute Gasteiger partial charge is 0.339 e. The number of hydrogen-bond donors (Lipinski definition) is 2. The van der Waals surface area contributed by atoms with Crippen LogP contribution in [0.3, 0.4) is 0 Å². The maximum atomic E-state index is 11.9. The number of para-hydroxylation sites is 1. The number of esters is 1. The zero-order chi connectivity index (χ0) is 15.5. The minimum Gasteiger partial charge on any atom is -0.462 e. The maximum Gasteiger partial charge on any atom is 0.339 e. The molecule has 0 aliphatic rings. The van der Waals surface area contributed by atoms with E-state index in [9.17, 15) is 9.90 Å². The monoisotopic (exact) mass is 296 g/mol. The predicted molar refractivity (Wildman–Crippen MR) is 83.4 cm³/mol. The van der Waals surface area contributed by atoms with Crippen LogP contribution < -0.4 is 0 Å². The van der Waals surface area contributed by atoms with E-state index in [1.165, 1.54) is 6.20 Å². The Bertz CT molecular complexity index is 824. The van der Waals surface area contributed by atoms with Gasteiger partial charge in [-0.2, -0.15) is 0 Å². The molecule has 0 unspecified atom stereocenters. The van der Waals surface area contributed by atoms with Gasteiger partial charge >= 0.3 is 5.97 Å². The number of ether oxygens (including phenoxy) is 1. The number of aliphatic hydroxyl groups excluding tert-OH is 1. The zero-order valence-corrected chi connectivity index (χ0v) is 12.2. The molecule has 1 aromatic carbocycles. The van der Waals surface area contributed by atoms with Crippen molar-refractivity contribution in [1.82, 2.24) is 9.97 Å². The quantitative estimate of drug-likeness (QED) is 0.726. The van der Waals surface area contributed by atoms with Crippen molar-refractivity contribution >= 4 is 16.9 Å². The highest BCUT2D eigenvalue weighted by Gasteiger charge is 2.15. The molecule has 0 atom stereocenters. The number of fused-ring (bicyclic) bond motifs is 1. The molecule has 3 rings (SSSR count). The third kappa shape index (κ3) is 2.46. The SMILES string of the molecule is CCOC(=O)c1cnc(CO)c(-c2cccc3cc[nH]c23)c1. The molecular weight excluding hydrogens is 280 g/mol. The first-order valence-electron chi connectivity index (χ1n) is 7.08. The molecule has 0 radical (unpaired) electrons. The number of aliphatic hydroxyl groups is 1. The summed E-state index contributed by atoms with van der Waals surface area (Å²) in [6.07, 6.45) is 3.29. The van der Waals surface area contributed by atoms with Gasteiger partial charge in [0.25, 0.3) is 0 Å². The average Bonchev–Trinajstić information content (AvgIpc) is 3.03. The van der Waals surface area contributed by atoms with Gasteiger partial charge in [0.15, 0.2) is 0 Å². The van der Waals surface area contributed by atoms with Crippen LogP contribution in [0.5, 0.6) is 0 Å². The highest BCUT2D eigenvalue weighted by molar-refractivity contribution is 5.97. The number of nitrogens with zero attached hydrogens (tertiary/aromatic N) is 1. The van der Waals surface area contributed by atoms with E-state index in [2.05, 4.69) is 9.97 Å². The van der Waals surface area contributed by atoms with Crippen LogP contribution in [-0.4, -0.2) is 27.7 Å². The molecule has 3 aromatic rings. The number of aromatic amines is 1. The van der Waals surface area contributed by atoms with Gasteiger partial charge in [0.1, 0.15) is 0 Å². The molecule has 0 bridgehead atoms. The van der Waals surface area contributed by atoms with Crippen LogP contribution in [0.15, 0.2) is 42.7 Å². The Kier molecular flexibility index (Phi) is 3.89. The molecule has 5 heteroatoms. The molecule has 22 heavy (non-hydrogen) atoms. The average molecular weight is 296 g/mol. The maximum absolute atomic E-state index is 11.9. The molecule has 0 aliphatic carbocycles. The third-order valence-electron chi connectivity index (χ3n) is 3.51. The third-order valence-corrected chi connectivity index (χ3v) is 3.51. The summed E-state index contributed by atoms with van der Waals surface area (Å²) in [5.41, 5.74) is 3.46. The van der Waals surface area contributed by atoms with E-state index in [1.807, 2.05) is 30.5 Å². The molecule has 2 aromatic heterocycles. The lowest BCUT2D eigenvalue weighted by Gasteiger charge is -2.10. The molecule has 0 saturated heterocycles. The van der Waals surface area contributed by atoms with Gasteiger partial charge in [-0.3, -0.25) is 4.98 Å². The fourth-order valence-corrected chi connectivity index (χ4v) is 2.49. The number of nitrogens with one attached hydrogen (secondary N) is 1. The van der Waals surface area contributed by atoms with Gasteiger partial charge in [-0.1, -0.05) is 18.2 Å². The van der Waals surface area contributed by atoms with Gasteiger partial charge in [-0.25, -0.2) is 4.79 Å². The summed E-state index contributed by atoms with van der Waals surface area (Å²) < 4.78 is 5.02. The van der Waals surface area contributed by atoms with E-state index in [-0.39, 0.29) is 6.61 Å². The van der Waals surface area contributed by atoms with E-state index in [0.29, 0.717) is 17.9 Å². The molecule has 112 valence electrons. The Balaban J connectivity index is 2.18. The van der Waals surface area contributed by atoms with Crippen molar-refractivity contribution in [3.8, 4) is 11.1 Å². The summed E-state index contributed by atoms with van der Waals surface area (Å²) in [7, 11) is 0. The van der Waals surface area contributed by atoms with Crippen LogP contribution in [0.2, 0.25) is 0 Å². The standard InChI is InChI=1S/C17H16N2O3/c1-2-22-17(21)12-8-14(15(10-20)19-9-12)13-5-3-4-11-6-7-18-16(11)13/h3-9,18,20H,2,10H2,1H3. The Hall–Kier alpha value is -2.66. The summed E-state index contributed by atoms with van der Waals surface area (Å²) >= 11 is 0. The lowest BCUT2D eigenvalue weighted by molar-refractivity contribution is 0.0526. The van der Waals surface area contributed by atoms with Crippen LogP contribution >= 0.6 is 0 Å². The lowest BCUT2D eigenvalue weighted by atomic mass is 10.00. The number of pyridine rings is 1. The molecular formula is C17H16N2O3. The Morgan fingerprint density at radius 1 is 1.32 bits per heavy atom. The Morgan fingerprint density at radius 3 is 2.95 bits per heavy atom. The van der Waals surface area contributed by atoms with Gasteiger partial charge in [0.2, 0.25) is 0 Å². The van der Waals surface area contributed by atoms with Crippen LogP contribution in [0.1, 0.15) is 23.0 Å². The zero-order valence-electron chi connectivity index (χ0n) is 12.2. The minimum absolute atomic E-state index is 0.199. The topological polar surface area (TPSA) is 75.2 Å². The Morgan fingerprint density at radius 2 is 2.18 bits per heavy atom. The molecule has 0 fully saturated rings. The van der Waals surface area contributed by atoms with Crippen molar-refractivity contribution in [2.24, 2.45) is 0 Å². The molecule has 0 spiro atoms. The van der Waals surface area contributed by atoms with Gasteiger partial charge in [0.05, 0.1) is 30.0 Å². The van der Waals surface area contributed by atoms with Crippen molar-refractivity contribution in [3.05, 3.63) is 54.0 Å². The first kappa shape index (κ1) is 14.3. The second kappa shape index (κ2) is 5.99. The van der Waals surface area contributed by atoms with Crippen LogP contribution in [0.4, 0.5) is 0 Å². The van der Waals surface area contributed by atoms with E-state index in [4.69, 9.17) is 4.74 Å². The van der Waals surface area contributed by atoms with Crippen molar-refractivity contribution in [2.75, 3.05) is 6.61 Å². The largest absolute Gasteiger partial charge is 0.462 e. The number of benzene rings is 1. The van der Waals surface area contributed by atoms with Crippen molar-refractivity contribution < 1.29 is 14.6 Å². The van der Waals surface area contributed by atoms with E-state index in [1.54, 1.807) is 13.0 Å². The fourth-order valence-electron chi connectivity index (χ4n) is 2.49. The van der Waals surface area contributed by atoms with Gasteiger partial charge in [-0.05, 0) is 24.4 Å². The first-order chi connectivity index (χ1) is 10.7. The first-order valence-corrected chi connectivity index (χ1v) is 7.08. The molecule has 5 nitrogen and oxygen atoms in total. The molecule has 2 N–H and O–H groups in total. The molecule has 0 saturated carbocycles. The van der Waals surface area contributed by atoms with E-state index in [0.717, 1.165) is 22.0 Å². The van der Waals surface area contributed by atoms with Gasteiger partial charge < -0.3 is 14.8 Å². The molecule has 0 amide bonds. The van der Waals surface area contributed by atoms with E-state index >= 15 is 0 Å². The summed E-state index contributed by atoms with van der Waals surface area (Å²) in [6, 6.07) is 9.55. The highest BCUT2D eigenvalue weighted by Crippen LogP contribution is 2.30. The second-order valence-corrected chi connectivity index (χ2v) is 4.84. The highest BCUT2D eigenvalue weighted by atomic mass is 16.5. The number of carbonyl (C=O) groups is 1. The lowest BCUT2D eigenvalue weighted by Crippen LogP contribution is -2.07. The van der Waals surface area contributed by atoms with Crippen molar-refractivity contribution in [2.45, 2.75) is 13.5 Å². The Labute approximate surface area is 127 Å². The van der Waals surface area contributed by atoms with Crippen molar-refractivity contribution in [3.63, 3.8) is 0 Å². The summed E-state index contributed by atoms with van der Waals surface area (Å²) in [6.45, 7) is 1.87. The molecule has 0 aliphatic heterocycles. The number of hydrogen-bond acceptors (Lipinski definition) is 4. The summed E-state index contributed by atoms with van der Waals surface area (Å²) in [5, 5.41) is 10.6. The summed E-state index contributed by atoms with van der Waals surface area (Å²) in [5.74, 6) is -0.417. The molecule has 2 heterocycles. The normalized spacial score (nSPS) is 10.8.